The number of benzene rings is 1. The maximum atomic E-state index is 8.61. The van der Waals surface area contributed by atoms with Crippen molar-refractivity contribution < 1.29 is 9.94 Å². The number of rotatable bonds is 2. The Morgan fingerprint density at radius 2 is 2.07 bits per heavy atom. The molecule has 14 heavy (non-hydrogen) atoms. The lowest BCUT2D eigenvalue weighted by Gasteiger charge is -2.11. The van der Waals surface area contributed by atoms with E-state index in [1.54, 1.807) is 7.11 Å². The molecule has 0 bridgehead atoms. The molecule has 3 N–H and O–H groups in total. The van der Waals surface area contributed by atoms with Crippen LogP contribution in [-0.4, -0.2) is 18.2 Å². The van der Waals surface area contributed by atoms with E-state index in [9.17, 15) is 0 Å². The van der Waals surface area contributed by atoms with E-state index in [0.717, 1.165) is 11.1 Å². The summed E-state index contributed by atoms with van der Waals surface area (Å²) >= 11 is 0. The highest BCUT2D eigenvalue weighted by Crippen LogP contribution is 2.23. The highest BCUT2D eigenvalue weighted by atomic mass is 16.5. The molecule has 0 amide bonds. The van der Waals surface area contributed by atoms with Gasteiger partial charge in [0.1, 0.15) is 5.75 Å². The third kappa shape index (κ3) is 1.79. The highest BCUT2D eigenvalue weighted by Gasteiger charge is 2.11. The van der Waals surface area contributed by atoms with Crippen molar-refractivity contribution in [2.45, 2.75) is 13.8 Å². The standard InChI is InChI=1S/C10H14N2O2/c1-6-4-7(2)9(10(11)12-13)8(5-6)14-3/h4-5,13H,1-3H3,(H2,11,12). The van der Waals surface area contributed by atoms with Gasteiger partial charge < -0.3 is 15.7 Å². The highest BCUT2D eigenvalue weighted by molar-refractivity contribution is 6.01. The minimum Gasteiger partial charge on any atom is -0.496 e. The summed E-state index contributed by atoms with van der Waals surface area (Å²) in [5, 5.41) is 11.6. The predicted octanol–water partition coefficient (Wildman–Crippen LogP) is 1.41. The van der Waals surface area contributed by atoms with Crippen LogP contribution in [0.25, 0.3) is 0 Å². The largest absolute Gasteiger partial charge is 0.496 e. The van der Waals surface area contributed by atoms with Crippen LogP contribution < -0.4 is 10.5 Å². The van der Waals surface area contributed by atoms with Crippen molar-refractivity contribution in [1.82, 2.24) is 0 Å². The fourth-order valence-electron chi connectivity index (χ4n) is 1.47. The van der Waals surface area contributed by atoms with Crippen LogP contribution in [0, 0.1) is 13.8 Å². The zero-order valence-electron chi connectivity index (χ0n) is 8.53. The molecule has 0 atom stereocenters. The average molecular weight is 194 g/mol. The number of hydrogen-bond donors (Lipinski definition) is 2. The molecule has 76 valence electrons. The number of methoxy groups -OCH3 is 1. The summed E-state index contributed by atoms with van der Waals surface area (Å²) in [6.45, 7) is 3.86. The molecule has 0 saturated heterocycles. The third-order valence-electron chi connectivity index (χ3n) is 2.03. The Kier molecular flexibility index (Phi) is 2.96. The number of oxime groups is 1. The van der Waals surface area contributed by atoms with Gasteiger partial charge in [-0.15, -0.1) is 0 Å². The van der Waals surface area contributed by atoms with Crippen LogP contribution >= 0.6 is 0 Å². The second kappa shape index (κ2) is 4.00. The van der Waals surface area contributed by atoms with E-state index in [2.05, 4.69) is 5.16 Å². The maximum Gasteiger partial charge on any atom is 0.174 e. The molecule has 4 nitrogen and oxygen atoms in total. The molecule has 0 fully saturated rings. The van der Waals surface area contributed by atoms with Crippen molar-refractivity contribution in [1.29, 1.82) is 0 Å². The Morgan fingerprint density at radius 1 is 1.43 bits per heavy atom. The summed E-state index contributed by atoms with van der Waals surface area (Å²) in [4.78, 5) is 0. The molecule has 1 aromatic rings. The summed E-state index contributed by atoms with van der Waals surface area (Å²) in [6.07, 6.45) is 0. The smallest absolute Gasteiger partial charge is 0.174 e. The van der Waals surface area contributed by atoms with Gasteiger partial charge in [-0.05, 0) is 31.0 Å². The molecular formula is C10H14N2O2. The van der Waals surface area contributed by atoms with Crippen LogP contribution in [0.15, 0.2) is 17.3 Å². The van der Waals surface area contributed by atoms with E-state index in [0.29, 0.717) is 11.3 Å². The first-order valence-electron chi connectivity index (χ1n) is 4.23. The van der Waals surface area contributed by atoms with E-state index < -0.39 is 0 Å². The number of hydrogen-bond acceptors (Lipinski definition) is 3. The molecular weight excluding hydrogens is 180 g/mol. The van der Waals surface area contributed by atoms with Crippen molar-refractivity contribution in [2.24, 2.45) is 10.9 Å². The summed E-state index contributed by atoms with van der Waals surface area (Å²) in [7, 11) is 1.56. The molecule has 0 aromatic heterocycles. The topological polar surface area (TPSA) is 67.8 Å². The number of nitrogens with zero attached hydrogens (tertiary/aromatic N) is 1. The number of nitrogens with two attached hydrogens (primary N) is 1. The van der Waals surface area contributed by atoms with Crippen molar-refractivity contribution in [3.8, 4) is 5.75 Å². The van der Waals surface area contributed by atoms with E-state index in [4.69, 9.17) is 15.7 Å². The van der Waals surface area contributed by atoms with Gasteiger partial charge in [-0.1, -0.05) is 11.2 Å². The first-order chi connectivity index (χ1) is 6.60. The fraction of sp³-hybridized carbons (Fsp3) is 0.300. The van der Waals surface area contributed by atoms with Crippen LogP contribution in [0.2, 0.25) is 0 Å². The SMILES string of the molecule is COc1cc(C)cc(C)c1/C(N)=N/O. The van der Waals surface area contributed by atoms with E-state index in [-0.39, 0.29) is 5.84 Å². The second-order valence-corrected chi connectivity index (χ2v) is 3.14. The summed E-state index contributed by atoms with van der Waals surface area (Å²) < 4.78 is 5.16. The Labute approximate surface area is 83.0 Å². The first kappa shape index (κ1) is 10.4. The summed E-state index contributed by atoms with van der Waals surface area (Å²) in [5.41, 5.74) is 8.19. The van der Waals surface area contributed by atoms with E-state index in [1.807, 2.05) is 26.0 Å². The zero-order valence-corrected chi connectivity index (χ0v) is 8.53. The normalized spacial score (nSPS) is 11.5. The Morgan fingerprint density at radius 3 is 2.57 bits per heavy atom. The summed E-state index contributed by atoms with van der Waals surface area (Å²) in [6, 6.07) is 3.80. The van der Waals surface area contributed by atoms with E-state index in [1.165, 1.54) is 0 Å². The van der Waals surface area contributed by atoms with Crippen molar-refractivity contribution in [3.63, 3.8) is 0 Å². The molecule has 1 rings (SSSR count). The van der Waals surface area contributed by atoms with Crippen LogP contribution in [0.4, 0.5) is 0 Å². The molecule has 0 aliphatic rings. The molecule has 4 heteroatoms. The van der Waals surface area contributed by atoms with Gasteiger partial charge in [-0.3, -0.25) is 0 Å². The lowest BCUT2D eigenvalue weighted by atomic mass is 10.0. The molecule has 0 spiro atoms. The van der Waals surface area contributed by atoms with Crippen molar-refractivity contribution >= 4 is 5.84 Å². The minimum absolute atomic E-state index is 0.0688. The van der Waals surface area contributed by atoms with Crippen molar-refractivity contribution in [2.75, 3.05) is 7.11 Å². The van der Waals surface area contributed by atoms with Crippen LogP contribution in [0.3, 0.4) is 0 Å². The minimum atomic E-state index is 0.0688. The molecule has 0 aliphatic heterocycles. The molecule has 1 aromatic carbocycles. The number of ether oxygens (including phenoxy) is 1. The van der Waals surface area contributed by atoms with Gasteiger partial charge in [-0.2, -0.15) is 0 Å². The van der Waals surface area contributed by atoms with Gasteiger partial charge in [0.15, 0.2) is 5.84 Å². The Bertz CT molecular complexity index is 373. The molecule has 0 aliphatic carbocycles. The van der Waals surface area contributed by atoms with Gasteiger partial charge in [0.25, 0.3) is 0 Å². The van der Waals surface area contributed by atoms with Crippen LogP contribution in [0.1, 0.15) is 16.7 Å². The monoisotopic (exact) mass is 194 g/mol. The third-order valence-corrected chi connectivity index (χ3v) is 2.03. The van der Waals surface area contributed by atoms with Crippen molar-refractivity contribution in [3.05, 3.63) is 28.8 Å². The fourth-order valence-corrected chi connectivity index (χ4v) is 1.47. The lowest BCUT2D eigenvalue weighted by molar-refractivity contribution is 0.318. The number of amidine groups is 1. The lowest BCUT2D eigenvalue weighted by Crippen LogP contribution is -2.16. The van der Waals surface area contributed by atoms with Crippen LogP contribution in [-0.2, 0) is 0 Å². The predicted molar refractivity (Wildman–Crippen MR) is 55.0 cm³/mol. The van der Waals surface area contributed by atoms with E-state index >= 15 is 0 Å². The first-order valence-corrected chi connectivity index (χ1v) is 4.23. The van der Waals surface area contributed by atoms with Gasteiger partial charge in [-0.25, -0.2) is 0 Å². The van der Waals surface area contributed by atoms with Crippen LogP contribution in [0.5, 0.6) is 5.75 Å². The molecule has 0 unspecified atom stereocenters. The van der Waals surface area contributed by atoms with Gasteiger partial charge in [0.05, 0.1) is 12.7 Å². The Hall–Kier alpha value is -1.71. The number of aryl methyl sites for hydroxylation is 2. The average Bonchev–Trinajstić information content (AvgIpc) is 2.15. The molecule has 0 heterocycles. The van der Waals surface area contributed by atoms with Gasteiger partial charge >= 0.3 is 0 Å². The quantitative estimate of drug-likeness (QED) is 0.323. The Balaban J connectivity index is 3.40. The zero-order chi connectivity index (χ0) is 10.7. The molecule has 0 radical (unpaired) electrons. The summed E-state index contributed by atoms with van der Waals surface area (Å²) in [5.74, 6) is 0.692. The van der Waals surface area contributed by atoms with Gasteiger partial charge in [0.2, 0.25) is 0 Å². The van der Waals surface area contributed by atoms with Gasteiger partial charge in [0, 0.05) is 0 Å². The molecule has 0 saturated carbocycles. The maximum absolute atomic E-state index is 8.61. The second-order valence-electron chi connectivity index (χ2n) is 3.14.